The number of nitrogens with zero attached hydrogens (tertiary/aromatic N) is 2. The summed E-state index contributed by atoms with van der Waals surface area (Å²) in [6.45, 7) is 6.84. The molecular formula is C36H44ClN3O. The second-order valence-electron chi connectivity index (χ2n) is 12.3. The minimum atomic E-state index is -0.181. The van der Waals surface area contributed by atoms with Gasteiger partial charge in [-0.1, -0.05) is 90.3 Å². The maximum atomic E-state index is 13.2. The third-order valence-corrected chi connectivity index (χ3v) is 9.46. The SMILES string of the molecule is Cc1ccc(CCC(=O)N2CCC(C3=NCCC(C)(CCCCc4ccc(Cl)cc4)N3)(c3ccccc3)CC2)cc1. The van der Waals surface area contributed by atoms with Crippen molar-refractivity contribution in [1.82, 2.24) is 10.2 Å². The molecule has 0 radical (unpaired) electrons. The van der Waals surface area contributed by atoms with Crippen LogP contribution in [0.2, 0.25) is 5.02 Å². The number of halogens is 1. The lowest BCUT2D eigenvalue weighted by Crippen LogP contribution is -2.59. The highest BCUT2D eigenvalue weighted by Crippen LogP contribution is 2.39. The lowest BCUT2D eigenvalue weighted by molar-refractivity contribution is -0.132. The fourth-order valence-corrected chi connectivity index (χ4v) is 6.60. The molecule has 2 heterocycles. The highest BCUT2D eigenvalue weighted by atomic mass is 35.5. The van der Waals surface area contributed by atoms with Crippen LogP contribution in [0.3, 0.4) is 0 Å². The number of amides is 1. The summed E-state index contributed by atoms with van der Waals surface area (Å²) < 4.78 is 0. The number of aliphatic imine (C=N–C) groups is 1. The molecule has 216 valence electrons. The zero-order valence-electron chi connectivity index (χ0n) is 24.7. The van der Waals surface area contributed by atoms with Gasteiger partial charge in [-0.15, -0.1) is 0 Å². The van der Waals surface area contributed by atoms with Gasteiger partial charge in [-0.25, -0.2) is 0 Å². The number of piperidine rings is 1. The Morgan fingerprint density at radius 1 is 0.878 bits per heavy atom. The van der Waals surface area contributed by atoms with Crippen molar-refractivity contribution in [3.63, 3.8) is 0 Å². The van der Waals surface area contributed by atoms with Crippen LogP contribution in [0.5, 0.6) is 0 Å². The van der Waals surface area contributed by atoms with Crippen LogP contribution in [-0.4, -0.2) is 41.8 Å². The third kappa shape index (κ3) is 7.40. The van der Waals surface area contributed by atoms with Gasteiger partial charge in [-0.3, -0.25) is 9.79 Å². The van der Waals surface area contributed by atoms with Gasteiger partial charge < -0.3 is 10.2 Å². The van der Waals surface area contributed by atoms with E-state index in [1.807, 2.05) is 12.1 Å². The predicted molar refractivity (Wildman–Crippen MR) is 171 cm³/mol. The van der Waals surface area contributed by atoms with Crippen LogP contribution in [0.25, 0.3) is 0 Å². The van der Waals surface area contributed by atoms with Crippen molar-refractivity contribution in [2.45, 2.75) is 82.6 Å². The van der Waals surface area contributed by atoms with Crippen LogP contribution in [0.15, 0.2) is 83.9 Å². The Morgan fingerprint density at radius 2 is 1.54 bits per heavy atom. The summed E-state index contributed by atoms with van der Waals surface area (Å²) in [5, 5.41) is 4.76. The van der Waals surface area contributed by atoms with Gasteiger partial charge in [0.15, 0.2) is 0 Å². The van der Waals surface area contributed by atoms with Gasteiger partial charge >= 0.3 is 0 Å². The molecule has 3 aromatic rings. The van der Waals surface area contributed by atoms with Crippen molar-refractivity contribution in [2.75, 3.05) is 19.6 Å². The molecule has 1 saturated heterocycles. The number of likely N-dealkylation sites (tertiary alicyclic amines) is 1. The number of rotatable bonds is 10. The Hall–Kier alpha value is -3.11. The van der Waals surface area contributed by atoms with Crippen molar-refractivity contribution in [2.24, 2.45) is 4.99 Å². The normalized spacial score (nSPS) is 20.3. The molecule has 1 amide bonds. The number of carbonyl (C=O) groups excluding carboxylic acids is 1. The second-order valence-corrected chi connectivity index (χ2v) is 12.8. The minimum Gasteiger partial charge on any atom is -0.368 e. The molecule has 2 aliphatic rings. The van der Waals surface area contributed by atoms with Crippen molar-refractivity contribution in [1.29, 1.82) is 0 Å². The number of nitrogens with one attached hydrogen (secondary N) is 1. The molecule has 0 aromatic heterocycles. The predicted octanol–water partition coefficient (Wildman–Crippen LogP) is 7.70. The monoisotopic (exact) mass is 569 g/mol. The van der Waals surface area contributed by atoms with Crippen LogP contribution >= 0.6 is 11.6 Å². The van der Waals surface area contributed by atoms with Gasteiger partial charge in [-0.05, 0) is 87.6 Å². The molecule has 1 fully saturated rings. The van der Waals surface area contributed by atoms with E-state index in [1.165, 1.54) is 28.7 Å². The number of unbranched alkanes of at least 4 members (excludes halogenated alkanes) is 1. The van der Waals surface area contributed by atoms with E-state index < -0.39 is 0 Å². The van der Waals surface area contributed by atoms with Gasteiger partial charge in [0.05, 0.1) is 5.41 Å². The van der Waals surface area contributed by atoms with E-state index in [1.54, 1.807) is 0 Å². The summed E-state index contributed by atoms with van der Waals surface area (Å²) in [6, 6.07) is 27.6. The van der Waals surface area contributed by atoms with Crippen molar-refractivity contribution in [3.8, 4) is 0 Å². The first-order chi connectivity index (χ1) is 19.9. The third-order valence-electron chi connectivity index (χ3n) is 9.21. The van der Waals surface area contributed by atoms with E-state index >= 15 is 0 Å². The Bertz CT molecular complexity index is 1310. The highest BCUT2D eigenvalue weighted by molar-refractivity contribution is 6.30. The van der Waals surface area contributed by atoms with Crippen LogP contribution in [0, 0.1) is 6.92 Å². The van der Waals surface area contributed by atoms with Crippen LogP contribution in [0.4, 0.5) is 0 Å². The maximum Gasteiger partial charge on any atom is 0.222 e. The van der Waals surface area contributed by atoms with Gasteiger partial charge in [0.1, 0.15) is 5.84 Å². The fourth-order valence-electron chi connectivity index (χ4n) is 6.48. The number of hydrogen-bond donors (Lipinski definition) is 1. The van der Waals surface area contributed by atoms with Gasteiger partial charge in [0.2, 0.25) is 5.91 Å². The van der Waals surface area contributed by atoms with E-state index in [9.17, 15) is 4.79 Å². The van der Waals surface area contributed by atoms with Crippen molar-refractivity contribution >= 4 is 23.3 Å². The minimum absolute atomic E-state index is 0.0276. The van der Waals surface area contributed by atoms with E-state index in [2.05, 4.69) is 90.8 Å². The highest BCUT2D eigenvalue weighted by Gasteiger charge is 2.44. The fraction of sp³-hybridized carbons (Fsp3) is 0.444. The quantitative estimate of drug-likeness (QED) is 0.254. The molecule has 5 heteroatoms. The zero-order chi connectivity index (χ0) is 28.7. The number of carbonyl (C=O) groups is 1. The Kier molecular flexibility index (Phi) is 9.49. The number of benzene rings is 3. The molecule has 0 spiro atoms. The average molecular weight is 570 g/mol. The molecule has 1 atom stereocenters. The molecule has 2 aliphatic heterocycles. The Labute approximate surface area is 251 Å². The molecule has 41 heavy (non-hydrogen) atoms. The molecule has 0 saturated carbocycles. The van der Waals surface area contributed by atoms with Gasteiger partial charge in [0.25, 0.3) is 0 Å². The average Bonchev–Trinajstić information content (AvgIpc) is 3.00. The standard InChI is InChI=1S/C36H44ClN3O/c1-28-11-13-30(14-12-28)17-20-33(41)40-26-23-36(24-27-40,31-9-4-3-5-10-31)34-38-25-22-35(2,39-34)21-7-6-8-29-15-18-32(37)19-16-29/h3-5,9-16,18-19H,6-8,17,20-27H2,1-2H3,(H,38,39). The lowest BCUT2D eigenvalue weighted by Gasteiger charge is -2.47. The molecule has 4 nitrogen and oxygen atoms in total. The summed E-state index contributed by atoms with van der Waals surface area (Å²) >= 11 is 6.05. The van der Waals surface area contributed by atoms with E-state index in [0.717, 1.165) is 75.4 Å². The topological polar surface area (TPSA) is 44.7 Å². The van der Waals surface area contributed by atoms with Crippen LogP contribution < -0.4 is 5.32 Å². The lowest BCUT2D eigenvalue weighted by atomic mass is 9.70. The summed E-state index contributed by atoms with van der Waals surface area (Å²) in [4.78, 5) is 20.4. The maximum absolute atomic E-state index is 13.2. The van der Waals surface area contributed by atoms with Gasteiger partial charge in [-0.2, -0.15) is 0 Å². The van der Waals surface area contributed by atoms with E-state index in [0.29, 0.717) is 6.42 Å². The Morgan fingerprint density at radius 3 is 2.24 bits per heavy atom. The van der Waals surface area contributed by atoms with Crippen LogP contribution in [0.1, 0.15) is 74.1 Å². The molecular weight excluding hydrogens is 526 g/mol. The summed E-state index contributed by atoms with van der Waals surface area (Å²) in [5.41, 5.74) is 4.99. The molecule has 1 N–H and O–H groups in total. The van der Waals surface area contributed by atoms with Gasteiger partial charge in [0, 0.05) is 36.6 Å². The number of aryl methyl sites for hydroxylation is 3. The molecule has 3 aromatic carbocycles. The smallest absolute Gasteiger partial charge is 0.222 e. The largest absolute Gasteiger partial charge is 0.368 e. The molecule has 0 aliphatic carbocycles. The van der Waals surface area contributed by atoms with Crippen molar-refractivity contribution < 1.29 is 4.79 Å². The zero-order valence-corrected chi connectivity index (χ0v) is 25.4. The first-order valence-corrected chi connectivity index (χ1v) is 15.7. The summed E-state index contributed by atoms with van der Waals surface area (Å²) in [5.74, 6) is 1.39. The first-order valence-electron chi connectivity index (χ1n) is 15.3. The molecule has 0 bridgehead atoms. The number of amidine groups is 1. The van der Waals surface area contributed by atoms with Crippen LogP contribution in [-0.2, 0) is 23.1 Å². The number of hydrogen-bond acceptors (Lipinski definition) is 3. The second kappa shape index (κ2) is 13.2. The summed E-state index contributed by atoms with van der Waals surface area (Å²) in [6.07, 6.45) is 8.72. The van der Waals surface area contributed by atoms with E-state index in [4.69, 9.17) is 16.6 Å². The molecule has 1 unspecified atom stereocenters. The Balaban J connectivity index is 1.21. The molecule has 5 rings (SSSR count). The first kappa shape index (κ1) is 29.4. The van der Waals surface area contributed by atoms with Crippen molar-refractivity contribution in [3.05, 3.63) is 106 Å². The van der Waals surface area contributed by atoms with E-state index in [-0.39, 0.29) is 16.9 Å². The summed E-state index contributed by atoms with van der Waals surface area (Å²) in [7, 11) is 0.